The van der Waals surface area contributed by atoms with E-state index in [4.69, 9.17) is 15.2 Å². The molecule has 27 heavy (non-hydrogen) atoms. The highest BCUT2D eigenvalue weighted by molar-refractivity contribution is 14.0. The van der Waals surface area contributed by atoms with Crippen molar-refractivity contribution in [3.63, 3.8) is 0 Å². The lowest BCUT2D eigenvalue weighted by Crippen LogP contribution is -2.39. The molecule has 1 aliphatic carbocycles. The Morgan fingerprint density at radius 1 is 1.19 bits per heavy atom. The Labute approximate surface area is 178 Å². The number of aliphatic imine (C=N–C) groups is 1. The second-order valence-electron chi connectivity index (χ2n) is 6.47. The predicted octanol–water partition coefficient (Wildman–Crippen LogP) is 2.57. The largest absolute Gasteiger partial charge is 0.493 e. The number of nitrogens with one attached hydrogen (secondary N) is 2. The van der Waals surface area contributed by atoms with Crippen molar-refractivity contribution in [2.75, 3.05) is 20.8 Å². The molecule has 1 aromatic carbocycles. The monoisotopic (exact) mass is 490 g/mol. The molecule has 1 fully saturated rings. The van der Waals surface area contributed by atoms with Gasteiger partial charge in [-0.3, -0.25) is 4.79 Å². The van der Waals surface area contributed by atoms with Crippen LogP contribution in [0.25, 0.3) is 0 Å². The Morgan fingerprint density at radius 3 is 2.56 bits per heavy atom. The zero-order chi connectivity index (χ0) is 18.8. The molecule has 0 unspecified atom stereocenters. The molecule has 1 amide bonds. The Bertz CT molecular complexity index is 619. The van der Waals surface area contributed by atoms with Gasteiger partial charge >= 0.3 is 0 Å². The smallest absolute Gasteiger partial charge is 0.221 e. The summed E-state index contributed by atoms with van der Waals surface area (Å²) in [6, 6.07) is 5.96. The van der Waals surface area contributed by atoms with Gasteiger partial charge in [0.05, 0.1) is 20.8 Å². The first-order valence-electron chi connectivity index (χ1n) is 9.16. The SMILES string of the molecule is COc1ccc(CN=C(N)NCCC(=O)NC2CCCCC2)cc1OC.I. The number of nitrogens with two attached hydrogens (primary N) is 1. The summed E-state index contributed by atoms with van der Waals surface area (Å²) in [5.41, 5.74) is 6.83. The number of halogens is 1. The van der Waals surface area contributed by atoms with Crippen LogP contribution in [0.2, 0.25) is 0 Å². The van der Waals surface area contributed by atoms with Crippen molar-refractivity contribution in [1.82, 2.24) is 10.6 Å². The van der Waals surface area contributed by atoms with E-state index in [0.29, 0.717) is 43.0 Å². The van der Waals surface area contributed by atoms with Crippen molar-refractivity contribution in [2.45, 2.75) is 51.1 Å². The van der Waals surface area contributed by atoms with E-state index >= 15 is 0 Å². The number of methoxy groups -OCH3 is 2. The number of hydrogen-bond acceptors (Lipinski definition) is 4. The van der Waals surface area contributed by atoms with Crippen LogP contribution in [0.5, 0.6) is 11.5 Å². The number of amides is 1. The van der Waals surface area contributed by atoms with E-state index in [1.165, 1.54) is 19.3 Å². The number of carbonyl (C=O) groups excluding carboxylic acids is 1. The maximum absolute atomic E-state index is 11.9. The third-order valence-corrected chi connectivity index (χ3v) is 4.51. The van der Waals surface area contributed by atoms with E-state index in [1.807, 2.05) is 18.2 Å². The summed E-state index contributed by atoms with van der Waals surface area (Å²) < 4.78 is 10.5. The van der Waals surface area contributed by atoms with E-state index < -0.39 is 0 Å². The Hall–Kier alpha value is -1.71. The van der Waals surface area contributed by atoms with Gasteiger partial charge in [-0.2, -0.15) is 0 Å². The average Bonchev–Trinajstić information content (AvgIpc) is 2.66. The summed E-state index contributed by atoms with van der Waals surface area (Å²) in [4.78, 5) is 16.2. The lowest BCUT2D eigenvalue weighted by molar-refractivity contribution is -0.121. The molecule has 1 saturated carbocycles. The Kier molecular flexibility index (Phi) is 10.9. The first kappa shape index (κ1) is 23.3. The van der Waals surface area contributed by atoms with Crippen molar-refractivity contribution < 1.29 is 14.3 Å². The number of nitrogens with zero attached hydrogens (tertiary/aromatic N) is 1. The molecule has 0 atom stereocenters. The van der Waals surface area contributed by atoms with Gasteiger partial charge in [-0.1, -0.05) is 25.3 Å². The standard InChI is InChI=1S/C19H30N4O3.HI/c1-25-16-9-8-14(12-17(16)26-2)13-22-19(20)21-11-10-18(24)23-15-6-4-3-5-7-15;/h8-9,12,15H,3-7,10-11,13H2,1-2H3,(H,23,24)(H3,20,21,22);1H. The number of carbonyl (C=O) groups is 1. The van der Waals surface area contributed by atoms with E-state index in [2.05, 4.69) is 15.6 Å². The van der Waals surface area contributed by atoms with Crippen LogP contribution in [0.4, 0.5) is 0 Å². The molecular weight excluding hydrogens is 459 g/mol. The molecule has 8 heteroatoms. The van der Waals surface area contributed by atoms with Gasteiger partial charge in [-0.15, -0.1) is 24.0 Å². The second kappa shape index (κ2) is 12.6. The summed E-state index contributed by atoms with van der Waals surface area (Å²) in [6.07, 6.45) is 6.27. The van der Waals surface area contributed by atoms with Crippen LogP contribution in [0, 0.1) is 0 Å². The zero-order valence-corrected chi connectivity index (χ0v) is 18.5. The van der Waals surface area contributed by atoms with E-state index in [9.17, 15) is 4.79 Å². The summed E-state index contributed by atoms with van der Waals surface area (Å²) in [7, 11) is 3.20. The quantitative estimate of drug-likeness (QED) is 0.296. The summed E-state index contributed by atoms with van der Waals surface area (Å²) >= 11 is 0. The van der Waals surface area contributed by atoms with Crippen LogP contribution >= 0.6 is 24.0 Å². The van der Waals surface area contributed by atoms with Crippen molar-refractivity contribution >= 4 is 35.8 Å². The average molecular weight is 490 g/mol. The topological polar surface area (TPSA) is 98.0 Å². The number of rotatable bonds is 8. The fourth-order valence-corrected chi connectivity index (χ4v) is 3.06. The van der Waals surface area contributed by atoms with Crippen LogP contribution in [0.1, 0.15) is 44.1 Å². The number of ether oxygens (including phenoxy) is 2. The second-order valence-corrected chi connectivity index (χ2v) is 6.47. The molecular formula is C19H31IN4O3. The highest BCUT2D eigenvalue weighted by atomic mass is 127. The van der Waals surface area contributed by atoms with Crippen molar-refractivity contribution in [3.8, 4) is 11.5 Å². The molecule has 1 aliphatic rings. The van der Waals surface area contributed by atoms with Crippen LogP contribution in [-0.2, 0) is 11.3 Å². The van der Waals surface area contributed by atoms with E-state index in [1.54, 1.807) is 14.2 Å². The first-order valence-corrected chi connectivity index (χ1v) is 9.16. The van der Waals surface area contributed by atoms with Crippen molar-refractivity contribution in [1.29, 1.82) is 0 Å². The van der Waals surface area contributed by atoms with Gasteiger partial charge in [0.15, 0.2) is 17.5 Å². The Balaban J connectivity index is 0.00000364. The molecule has 0 heterocycles. The van der Waals surface area contributed by atoms with Gasteiger partial charge in [0.25, 0.3) is 0 Å². The maximum Gasteiger partial charge on any atom is 0.221 e. The number of guanidine groups is 1. The summed E-state index contributed by atoms with van der Waals surface area (Å²) in [5, 5.41) is 6.07. The normalized spacial score (nSPS) is 14.8. The highest BCUT2D eigenvalue weighted by Gasteiger charge is 2.15. The molecule has 2 rings (SSSR count). The minimum atomic E-state index is 0. The minimum Gasteiger partial charge on any atom is -0.493 e. The van der Waals surface area contributed by atoms with Crippen LogP contribution in [-0.4, -0.2) is 38.7 Å². The van der Waals surface area contributed by atoms with Gasteiger partial charge in [-0.25, -0.2) is 4.99 Å². The predicted molar refractivity (Wildman–Crippen MR) is 118 cm³/mol. The molecule has 1 aromatic rings. The maximum atomic E-state index is 11.9. The van der Waals surface area contributed by atoms with Crippen molar-refractivity contribution in [2.24, 2.45) is 10.7 Å². The highest BCUT2D eigenvalue weighted by Crippen LogP contribution is 2.27. The van der Waals surface area contributed by atoms with Gasteiger partial charge in [-0.05, 0) is 30.5 Å². The third-order valence-electron chi connectivity index (χ3n) is 4.51. The van der Waals surface area contributed by atoms with Crippen LogP contribution in [0.3, 0.4) is 0 Å². The zero-order valence-electron chi connectivity index (χ0n) is 16.1. The van der Waals surface area contributed by atoms with Crippen molar-refractivity contribution in [3.05, 3.63) is 23.8 Å². The lowest BCUT2D eigenvalue weighted by Gasteiger charge is -2.22. The molecule has 0 spiro atoms. The molecule has 0 aromatic heterocycles. The molecule has 152 valence electrons. The van der Waals surface area contributed by atoms with Gasteiger partial charge in [0.1, 0.15) is 0 Å². The number of benzene rings is 1. The van der Waals surface area contributed by atoms with Gasteiger partial charge in [0, 0.05) is 19.0 Å². The summed E-state index contributed by atoms with van der Waals surface area (Å²) in [6.45, 7) is 0.896. The third kappa shape index (κ3) is 8.23. The van der Waals surface area contributed by atoms with E-state index in [0.717, 1.165) is 18.4 Å². The fraction of sp³-hybridized carbons (Fsp3) is 0.579. The molecule has 0 aliphatic heterocycles. The lowest BCUT2D eigenvalue weighted by atomic mass is 9.95. The van der Waals surface area contributed by atoms with Gasteiger partial charge in [0.2, 0.25) is 5.91 Å². The Morgan fingerprint density at radius 2 is 1.89 bits per heavy atom. The van der Waals surface area contributed by atoms with E-state index in [-0.39, 0.29) is 29.9 Å². The fourth-order valence-electron chi connectivity index (χ4n) is 3.06. The van der Waals surface area contributed by atoms with Gasteiger partial charge < -0.3 is 25.8 Å². The molecule has 7 nitrogen and oxygen atoms in total. The molecule has 4 N–H and O–H groups in total. The first-order chi connectivity index (χ1) is 12.6. The summed E-state index contributed by atoms with van der Waals surface area (Å²) in [5.74, 6) is 1.73. The molecule has 0 bridgehead atoms. The minimum absolute atomic E-state index is 0. The molecule has 0 radical (unpaired) electrons. The van der Waals surface area contributed by atoms with Crippen LogP contribution < -0.4 is 25.8 Å². The molecule has 0 saturated heterocycles. The number of hydrogen-bond donors (Lipinski definition) is 3. The van der Waals surface area contributed by atoms with Crippen LogP contribution in [0.15, 0.2) is 23.2 Å².